The molecule has 4 heteroatoms. The minimum atomic E-state index is -0.284. The van der Waals surface area contributed by atoms with E-state index in [1.807, 2.05) is 32.9 Å². The van der Waals surface area contributed by atoms with Gasteiger partial charge in [-0.1, -0.05) is 17.7 Å². The lowest BCUT2D eigenvalue weighted by Gasteiger charge is -2.26. The van der Waals surface area contributed by atoms with Crippen molar-refractivity contribution in [1.29, 1.82) is 0 Å². The van der Waals surface area contributed by atoms with Crippen LogP contribution >= 0.6 is 0 Å². The third kappa shape index (κ3) is 2.82. The number of rotatable bonds is 1. The molecule has 0 atom stereocenters. The molecule has 1 amide bonds. The highest BCUT2D eigenvalue weighted by atomic mass is 16.6. The van der Waals surface area contributed by atoms with E-state index < -0.39 is 0 Å². The number of morpholine rings is 1. The van der Waals surface area contributed by atoms with Gasteiger partial charge in [-0.05, 0) is 31.9 Å². The Kier molecular flexibility index (Phi) is 3.87. The lowest BCUT2D eigenvalue weighted by molar-refractivity contribution is 0.0414. The fraction of sp³-hybridized carbons (Fsp3) is 0.500. The van der Waals surface area contributed by atoms with Crippen molar-refractivity contribution >= 4 is 6.09 Å². The van der Waals surface area contributed by atoms with Crippen LogP contribution in [0.2, 0.25) is 0 Å². The van der Waals surface area contributed by atoms with Gasteiger partial charge < -0.3 is 14.4 Å². The summed E-state index contributed by atoms with van der Waals surface area (Å²) in [6.45, 7) is 8.32. The Bertz CT molecular complexity index is 427. The van der Waals surface area contributed by atoms with Gasteiger partial charge >= 0.3 is 6.09 Å². The molecule has 98 valence electrons. The van der Waals surface area contributed by atoms with Gasteiger partial charge in [-0.2, -0.15) is 0 Å². The van der Waals surface area contributed by atoms with E-state index in [9.17, 15) is 4.79 Å². The number of carbonyl (C=O) groups excluding carboxylic acids is 1. The predicted molar refractivity (Wildman–Crippen MR) is 69.1 cm³/mol. The van der Waals surface area contributed by atoms with Crippen molar-refractivity contribution in [2.75, 3.05) is 26.3 Å². The number of carbonyl (C=O) groups is 1. The second kappa shape index (κ2) is 5.40. The fourth-order valence-corrected chi connectivity index (χ4v) is 2.23. The van der Waals surface area contributed by atoms with Gasteiger partial charge in [0.1, 0.15) is 5.75 Å². The molecular formula is C14H19NO3. The highest BCUT2D eigenvalue weighted by Gasteiger charge is 2.20. The normalized spacial score (nSPS) is 15.6. The second-order valence-electron chi connectivity index (χ2n) is 4.70. The van der Waals surface area contributed by atoms with Gasteiger partial charge in [0.15, 0.2) is 0 Å². The number of amides is 1. The highest BCUT2D eigenvalue weighted by Crippen LogP contribution is 2.25. The van der Waals surface area contributed by atoms with Crippen LogP contribution in [-0.4, -0.2) is 37.3 Å². The van der Waals surface area contributed by atoms with Crippen molar-refractivity contribution < 1.29 is 14.3 Å². The SMILES string of the molecule is Cc1cc(C)c(OC(=O)N2CCOCC2)c(C)c1. The van der Waals surface area contributed by atoms with Crippen LogP contribution in [0.4, 0.5) is 4.79 Å². The van der Waals surface area contributed by atoms with E-state index in [2.05, 4.69) is 0 Å². The monoisotopic (exact) mass is 249 g/mol. The van der Waals surface area contributed by atoms with E-state index in [0.717, 1.165) is 11.1 Å². The summed E-state index contributed by atoms with van der Waals surface area (Å²) in [5.41, 5.74) is 3.17. The molecule has 2 rings (SSSR count). The van der Waals surface area contributed by atoms with Crippen molar-refractivity contribution in [3.8, 4) is 5.75 Å². The fourth-order valence-electron chi connectivity index (χ4n) is 2.23. The van der Waals surface area contributed by atoms with E-state index in [4.69, 9.17) is 9.47 Å². The average Bonchev–Trinajstić information content (AvgIpc) is 2.34. The number of hydrogen-bond acceptors (Lipinski definition) is 3. The predicted octanol–water partition coefficient (Wildman–Crippen LogP) is 2.44. The van der Waals surface area contributed by atoms with Crippen LogP contribution in [0.15, 0.2) is 12.1 Å². The topological polar surface area (TPSA) is 38.8 Å². The minimum Gasteiger partial charge on any atom is -0.410 e. The van der Waals surface area contributed by atoms with E-state index in [-0.39, 0.29) is 6.09 Å². The summed E-state index contributed by atoms with van der Waals surface area (Å²) in [5, 5.41) is 0. The summed E-state index contributed by atoms with van der Waals surface area (Å²) in [6.07, 6.45) is -0.284. The number of ether oxygens (including phenoxy) is 2. The Balaban J connectivity index is 2.11. The molecule has 1 aliphatic heterocycles. The van der Waals surface area contributed by atoms with Gasteiger partial charge in [0.2, 0.25) is 0 Å². The first kappa shape index (κ1) is 12.9. The second-order valence-corrected chi connectivity index (χ2v) is 4.70. The van der Waals surface area contributed by atoms with Crippen molar-refractivity contribution in [2.45, 2.75) is 20.8 Å². The van der Waals surface area contributed by atoms with Crippen LogP contribution in [0.1, 0.15) is 16.7 Å². The summed E-state index contributed by atoms with van der Waals surface area (Å²) >= 11 is 0. The molecule has 1 aliphatic rings. The van der Waals surface area contributed by atoms with Gasteiger partial charge in [-0.15, -0.1) is 0 Å². The molecule has 1 heterocycles. The third-order valence-electron chi connectivity index (χ3n) is 3.06. The van der Waals surface area contributed by atoms with Crippen LogP contribution in [0.25, 0.3) is 0 Å². The Morgan fingerprint density at radius 2 is 1.72 bits per heavy atom. The number of nitrogens with zero attached hydrogens (tertiary/aromatic N) is 1. The van der Waals surface area contributed by atoms with E-state index in [1.165, 1.54) is 5.56 Å². The smallest absolute Gasteiger partial charge is 0.410 e. The summed E-state index contributed by atoms with van der Waals surface area (Å²) in [7, 11) is 0. The van der Waals surface area contributed by atoms with Crippen LogP contribution in [0.3, 0.4) is 0 Å². The van der Waals surface area contributed by atoms with Crippen molar-refractivity contribution in [3.63, 3.8) is 0 Å². The third-order valence-corrected chi connectivity index (χ3v) is 3.06. The summed E-state index contributed by atoms with van der Waals surface area (Å²) < 4.78 is 10.7. The Morgan fingerprint density at radius 3 is 2.28 bits per heavy atom. The van der Waals surface area contributed by atoms with Gasteiger partial charge in [-0.25, -0.2) is 4.79 Å². The quantitative estimate of drug-likeness (QED) is 0.767. The van der Waals surface area contributed by atoms with Crippen molar-refractivity contribution in [2.24, 2.45) is 0 Å². The minimum absolute atomic E-state index is 0.284. The maximum absolute atomic E-state index is 12.0. The molecule has 0 radical (unpaired) electrons. The molecule has 0 N–H and O–H groups in total. The standard InChI is InChI=1S/C14H19NO3/c1-10-8-11(2)13(12(3)9-10)18-14(16)15-4-6-17-7-5-15/h8-9H,4-7H2,1-3H3. The van der Waals surface area contributed by atoms with Crippen molar-refractivity contribution in [3.05, 3.63) is 28.8 Å². The molecule has 1 fully saturated rings. The molecular weight excluding hydrogens is 230 g/mol. The molecule has 0 aliphatic carbocycles. The summed E-state index contributed by atoms with van der Waals surface area (Å²) in [5.74, 6) is 0.678. The molecule has 18 heavy (non-hydrogen) atoms. The summed E-state index contributed by atoms with van der Waals surface area (Å²) in [4.78, 5) is 13.7. The number of benzene rings is 1. The van der Waals surface area contributed by atoms with Crippen molar-refractivity contribution in [1.82, 2.24) is 4.90 Å². The maximum Gasteiger partial charge on any atom is 0.415 e. The zero-order chi connectivity index (χ0) is 13.1. The molecule has 0 aromatic heterocycles. The average molecular weight is 249 g/mol. The number of aryl methyl sites for hydroxylation is 3. The van der Waals surface area contributed by atoms with Gasteiger partial charge in [-0.3, -0.25) is 0 Å². The molecule has 0 spiro atoms. The largest absolute Gasteiger partial charge is 0.415 e. The van der Waals surface area contributed by atoms with E-state index in [1.54, 1.807) is 4.90 Å². The maximum atomic E-state index is 12.0. The van der Waals surface area contributed by atoms with Crippen LogP contribution in [-0.2, 0) is 4.74 Å². The Labute approximate surface area is 107 Å². The van der Waals surface area contributed by atoms with E-state index in [0.29, 0.717) is 32.1 Å². The van der Waals surface area contributed by atoms with Gasteiger partial charge in [0.05, 0.1) is 13.2 Å². The number of hydrogen-bond donors (Lipinski definition) is 0. The first-order chi connectivity index (χ1) is 8.58. The molecule has 4 nitrogen and oxygen atoms in total. The van der Waals surface area contributed by atoms with Gasteiger partial charge in [0.25, 0.3) is 0 Å². The first-order valence-electron chi connectivity index (χ1n) is 6.20. The van der Waals surface area contributed by atoms with Crippen LogP contribution in [0.5, 0.6) is 5.75 Å². The first-order valence-corrected chi connectivity index (χ1v) is 6.20. The highest BCUT2D eigenvalue weighted by molar-refractivity contribution is 5.72. The van der Waals surface area contributed by atoms with Gasteiger partial charge in [0, 0.05) is 13.1 Å². The van der Waals surface area contributed by atoms with Crippen LogP contribution in [0, 0.1) is 20.8 Å². The zero-order valence-electron chi connectivity index (χ0n) is 11.2. The molecule has 1 aromatic carbocycles. The lowest BCUT2D eigenvalue weighted by atomic mass is 10.1. The zero-order valence-corrected chi connectivity index (χ0v) is 11.2. The molecule has 0 bridgehead atoms. The molecule has 1 aromatic rings. The molecule has 1 saturated heterocycles. The Hall–Kier alpha value is -1.55. The molecule has 0 saturated carbocycles. The molecule has 0 unspecified atom stereocenters. The Morgan fingerprint density at radius 1 is 1.17 bits per heavy atom. The lowest BCUT2D eigenvalue weighted by Crippen LogP contribution is -2.42. The van der Waals surface area contributed by atoms with Crippen LogP contribution < -0.4 is 4.74 Å². The van der Waals surface area contributed by atoms with E-state index >= 15 is 0 Å². The summed E-state index contributed by atoms with van der Waals surface area (Å²) in [6, 6.07) is 4.05.